The lowest BCUT2D eigenvalue weighted by molar-refractivity contribution is 0.662. The second kappa shape index (κ2) is 6.39. The third-order valence-corrected chi connectivity index (χ3v) is 4.39. The number of aryl methyl sites for hydroxylation is 3. The van der Waals surface area contributed by atoms with Crippen LogP contribution in [0, 0.1) is 13.8 Å². The maximum absolute atomic E-state index is 6.13. The third-order valence-electron chi connectivity index (χ3n) is 4.39. The van der Waals surface area contributed by atoms with Crippen molar-refractivity contribution in [3.63, 3.8) is 0 Å². The lowest BCUT2D eigenvalue weighted by Gasteiger charge is -2.18. The van der Waals surface area contributed by atoms with E-state index >= 15 is 0 Å². The SMILES string of the molecule is Cc1ccc(C)c(C(CN)c2cc(-c3ccccc3)nn2C)c1. The van der Waals surface area contributed by atoms with Crippen molar-refractivity contribution >= 4 is 0 Å². The number of nitrogens with two attached hydrogens (primary N) is 1. The van der Waals surface area contributed by atoms with E-state index in [4.69, 9.17) is 5.73 Å². The predicted octanol–water partition coefficient (Wildman–Crippen LogP) is 3.79. The standard InChI is InChI=1S/C20H23N3/c1-14-9-10-15(2)17(11-14)18(13-21)20-12-19(22-23(20)3)16-7-5-4-6-8-16/h4-12,18H,13,21H2,1-3H3. The topological polar surface area (TPSA) is 43.8 Å². The van der Waals surface area contributed by atoms with Crippen LogP contribution in [0.25, 0.3) is 11.3 Å². The summed E-state index contributed by atoms with van der Waals surface area (Å²) >= 11 is 0. The smallest absolute Gasteiger partial charge is 0.0926 e. The van der Waals surface area contributed by atoms with Crippen molar-refractivity contribution in [2.45, 2.75) is 19.8 Å². The van der Waals surface area contributed by atoms with Crippen LogP contribution in [0.4, 0.5) is 0 Å². The number of nitrogens with zero attached hydrogens (tertiary/aromatic N) is 2. The molecule has 0 spiro atoms. The van der Waals surface area contributed by atoms with Gasteiger partial charge in [0.25, 0.3) is 0 Å². The van der Waals surface area contributed by atoms with Gasteiger partial charge in [-0.2, -0.15) is 5.10 Å². The molecule has 0 aliphatic carbocycles. The van der Waals surface area contributed by atoms with Crippen molar-refractivity contribution in [3.05, 3.63) is 77.0 Å². The first-order valence-electron chi connectivity index (χ1n) is 7.96. The van der Waals surface area contributed by atoms with Crippen LogP contribution >= 0.6 is 0 Å². The molecule has 3 rings (SSSR count). The molecular formula is C20H23N3. The number of hydrogen-bond acceptors (Lipinski definition) is 2. The van der Waals surface area contributed by atoms with Crippen LogP contribution in [0.2, 0.25) is 0 Å². The average molecular weight is 305 g/mol. The molecule has 1 atom stereocenters. The Labute approximate surface area is 137 Å². The van der Waals surface area contributed by atoms with Crippen molar-refractivity contribution in [1.29, 1.82) is 0 Å². The van der Waals surface area contributed by atoms with Gasteiger partial charge in [0.05, 0.1) is 5.69 Å². The molecule has 0 amide bonds. The highest BCUT2D eigenvalue weighted by atomic mass is 15.3. The van der Waals surface area contributed by atoms with Crippen LogP contribution in [0.5, 0.6) is 0 Å². The van der Waals surface area contributed by atoms with Crippen molar-refractivity contribution in [1.82, 2.24) is 9.78 Å². The molecular weight excluding hydrogens is 282 g/mol. The maximum Gasteiger partial charge on any atom is 0.0926 e. The van der Waals surface area contributed by atoms with Crippen LogP contribution in [-0.4, -0.2) is 16.3 Å². The summed E-state index contributed by atoms with van der Waals surface area (Å²) in [6.45, 7) is 4.83. The van der Waals surface area contributed by atoms with Crippen molar-refractivity contribution < 1.29 is 0 Å². The van der Waals surface area contributed by atoms with E-state index < -0.39 is 0 Å². The molecule has 0 radical (unpaired) electrons. The number of hydrogen-bond donors (Lipinski definition) is 1. The molecule has 0 aliphatic rings. The molecule has 23 heavy (non-hydrogen) atoms. The Bertz CT molecular complexity index is 803. The molecule has 1 heterocycles. The van der Waals surface area contributed by atoms with E-state index in [-0.39, 0.29) is 5.92 Å². The molecule has 0 saturated carbocycles. The molecule has 0 fully saturated rings. The van der Waals surface area contributed by atoms with Crippen LogP contribution in [0.3, 0.4) is 0 Å². The molecule has 1 aromatic heterocycles. The maximum atomic E-state index is 6.13. The van der Waals surface area contributed by atoms with Gasteiger partial charge in [-0.1, -0.05) is 54.1 Å². The lowest BCUT2D eigenvalue weighted by Crippen LogP contribution is -2.18. The zero-order valence-corrected chi connectivity index (χ0v) is 14.0. The predicted molar refractivity (Wildman–Crippen MR) is 95.5 cm³/mol. The minimum Gasteiger partial charge on any atom is -0.329 e. The fourth-order valence-corrected chi connectivity index (χ4v) is 3.10. The van der Waals surface area contributed by atoms with E-state index in [1.54, 1.807) is 0 Å². The minimum absolute atomic E-state index is 0.157. The Morgan fingerprint density at radius 3 is 2.48 bits per heavy atom. The zero-order chi connectivity index (χ0) is 16.4. The van der Waals surface area contributed by atoms with Gasteiger partial charge in [-0.05, 0) is 31.0 Å². The van der Waals surface area contributed by atoms with Gasteiger partial charge in [0.1, 0.15) is 0 Å². The summed E-state index contributed by atoms with van der Waals surface area (Å²) in [6.07, 6.45) is 0. The molecule has 2 N–H and O–H groups in total. The van der Waals surface area contributed by atoms with Crippen molar-refractivity contribution in [2.75, 3.05) is 6.54 Å². The fraction of sp³-hybridized carbons (Fsp3) is 0.250. The summed E-state index contributed by atoms with van der Waals surface area (Å²) in [5.74, 6) is 0.157. The summed E-state index contributed by atoms with van der Waals surface area (Å²) < 4.78 is 1.96. The van der Waals surface area contributed by atoms with E-state index in [0.717, 1.165) is 17.0 Å². The Kier molecular flexibility index (Phi) is 4.30. The van der Waals surface area contributed by atoms with Crippen molar-refractivity contribution in [3.8, 4) is 11.3 Å². The molecule has 1 unspecified atom stereocenters. The second-order valence-electron chi connectivity index (χ2n) is 6.09. The lowest BCUT2D eigenvalue weighted by atomic mass is 9.90. The van der Waals surface area contributed by atoms with Crippen LogP contribution in [-0.2, 0) is 7.05 Å². The van der Waals surface area contributed by atoms with E-state index in [0.29, 0.717) is 6.54 Å². The molecule has 2 aromatic carbocycles. The highest BCUT2D eigenvalue weighted by Crippen LogP contribution is 2.29. The van der Waals surface area contributed by atoms with E-state index in [9.17, 15) is 0 Å². The van der Waals surface area contributed by atoms with Gasteiger partial charge >= 0.3 is 0 Å². The van der Waals surface area contributed by atoms with Crippen LogP contribution in [0.1, 0.15) is 28.3 Å². The van der Waals surface area contributed by atoms with E-state index in [1.165, 1.54) is 16.7 Å². The number of aromatic nitrogens is 2. The van der Waals surface area contributed by atoms with E-state index in [1.807, 2.05) is 29.9 Å². The quantitative estimate of drug-likeness (QED) is 0.797. The van der Waals surface area contributed by atoms with Gasteiger partial charge < -0.3 is 5.73 Å². The molecule has 0 bridgehead atoms. The Morgan fingerprint density at radius 2 is 1.78 bits per heavy atom. The van der Waals surface area contributed by atoms with E-state index in [2.05, 4.69) is 55.3 Å². The van der Waals surface area contributed by atoms with Crippen molar-refractivity contribution in [2.24, 2.45) is 12.8 Å². The van der Waals surface area contributed by atoms with Crippen LogP contribution < -0.4 is 5.73 Å². The summed E-state index contributed by atoms with van der Waals surface area (Å²) in [4.78, 5) is 0. The van der Waals surface area contributed by atoms with Gasteiger partial charge in [0, 0.05) is 30.8 Å². The Morgan fingerprint density at radius 1 is 1.04 bits per heavy atom. The van der Waals surface area contributed by atoms with Gasteiger partial charge in [0.15, 0.2) is 0 Å². The van der Waals surface area contributed by atoms with Gasteiger partial charge in [0.2, 0.25) is 0 Å². The number of benzene rings is 2. The summed E-state index contributed by atoms with van der Waals surface area (Å²) in [5, 5.41) is 4.69. The fourth-order valence-electron chi connectivity index (χ4n) is 3.10. The molecule has 3 nitrogen and oxygen atoms in total. The monoisotopic (exact) mass is 305 g/mol. The molecule has 0 aliphatic heterocycles. The highest BCUT2D eigenvalue weighted by molar-refractivity contribution is 5.59. The first-order chi connectivity index (χ1) is 11.1. The first-order valence-corrected chi connectivity index (χ1v) is 7.96. The Hall–Kier alpha value is -2.39. The van der Waals surface area contributed by atoms with Crippen LogP contribution in [0.15, 0.2) is 54.6 Å². The highest BCUT2D eigenvalue weighted by Gasteiger charge is 2.20. The largest absolute Gasteiger partial charge is 0.329 e. The summed E-state index contributed by atoms with van der Waals surface area (Å²) in [6, 6.07) is 19.0. The zero-order valence-electron chi connectivity index (χ0n) is 14.0. The first kappa shape index (κ1) is 15.5. The minimum atomic E-state index is 0.157. The third kappa shape index (κ3) is 3.06. The molecule has 0 saturated heterocycles. The molecule has 118 valence electrons. The number of rotatable bonds is 4. The van der Waals surface area contributed by atoms with Gasteiger partial charge in [-0.3, -0.25) is 4.68 Å². The Balaban J connectivity index is 2.06. The molecule has 3 heteroatoms. The molecule has 3 aromatic rings. The summed E-state index contributed by atoms with van der Waals surface area (Å²) in [7, 11) is 2.00. The second-order valence-corrected chi connectivity index (χ2v) is 6.09. The van der Waals surface area contributed by atoms with Gasteiger partial charge in [-0.25, -0.2) is 0 Å². The van der Waals surface area contributed by atoms with Gasteiger partial charge in [-0.15, -0.1) is 0 Å². The average Bonchev–Trinajstić information content (AvgIpc) is 2.94. The normalized spacial score (nSPS) is 12.3. The summed E-state index contributed by atoms with van der Waals surface area (Å²) in [5.41, 5.74) is 13.2.